The van der Waals surface area contributed by atoms with Crippen LogP contribution in [-0.4, -0.2) is 33.1 Å². The highest BCUT2D eigenvalue weighted by Gasteiger charge is 2.28. The van der Waals surface area contributed by atoms with E-state index < -0.39 is 15.3 Å². The fraction of sp³-hybridized carbons (Fsp3) is 0.167. The molecule has 0 saturated carbocycles. The van der Waals surface area contributed by atoms with Gasteiger partial charge in [-0.1, -0.05) is 12.1 Å². The Morgan fingerprint density at radius 1 is 1.04 bits per heavy atom. The zero-order valence-corrected chi connectivity index (χ0v) is 16.0. The maximum Gasteiger partial charge on any atom is 0.446 e. The van der Waals surface area contributed by atoms with E-state index in [0.29, 0.717) is 11.3 Å². The molecule has 0 heterocycles. The Hall–Kier alpha value is -2.26. The molecule has 0 aliphatic rings. The number of benzene rings is 2. The first kappa shape index (κ1) is 21.0. The molecule has 0 fully saturated rings. The fourth-order valence-corrected chi connectivity index (χ4v) is 3.27. The molecule has 0 N–H and O–H groups in total. The lowest BCUT2D eigenvalue weighted by Gasteiger charge is -2.15. The zero-order valence-electron chi connectivity index (χ0n) is 14.4. The first-order valence-corrected chi connectivity index (χ1v) is 10.3. The van der Waals surface area contributed by atoms with Crippen LogP contribution in [0.2, 0.25) is 0 Å². The van der Waals surface area contributed by atoms with Crippen molar-refractivity contribution in [2.24, 2.45) is 0 Å². The van der Waals surface area contributed by atoms with Crippen LogP contribution in [0.25, 0.3) is 6.08 Å². The van der Waals surface area contributed by atoms with Crippen molar-refractivity contribution in [3.8, 4) is 0 Å². The molecule has 0 unspecified atom stereocenters. The van der Waals surface area contributed by atoms with E-state index in [4.69, 9.17) is 0 Å². The number of alkyl halides is 3. The monoisotopic (exact) mass is 415 g/mol. The van der Waals surface area contributed by atoms with Crippen LogP contribution in [-0.2, 0) is 14.6 Å². The largest absolute Gasteiger partial charge is 0.446 e. The highest BCUT2D eigenvalue weighted by Crippen LogP contribution is 2.36. The standard InChI is InChI=1S/C18H16F3NO3S2/c1-22(14-6-10-16(11-7-14)27(2,24)25)17(23)12-5-13-3-8-15(9-4-13)26-18(19,20)21/h3-12H,1-2H3/b12-5+. The molecule has 2 aromatic rings. The topological polar surface area (TPSA) is 54.5 Å². The van der Waals surface area contributed by atoms with Crippen molar-refractivity contribution in [3.05, 3.63) is 60.2 Å². The highest BCUT2D eigenvalue weighted by molar-refractivity contribution is 8.00. The lowest BCUT2D eigenvalue weighted by Crippen LogP contribution is -2.23. The molecule has 0 spiro atoms. The second kappa shape index (κ2) is 8.18. The highest BCUT2D eigenvalue weighted by atomic mass is 32.2. The number of anilines is 1. The van der Waals surface area contributed by atoms with E-state index in [0.717, 1.165) is 6.26 Å². The van der Waals surface area contributed by atoms with Gasteiger partial charge < -0.3 is 4.90 Å². The van der Waals surface area contributed by atoms with Crippen molar-refractivity contribution in [2.45, 2.75) is 15.3 Å². The van der Waals surface area contributed by atoms with Crippen LogP contribution in [0.15, 0.2) is 64.4 Å². The molecule has 0 radical (unpaired) electrons. The molecule has 0 aromatic heterocycles. The molecule has 0 aliphatic heterocycles. The Morgan fingerprint density at radius 3 is 2.07 bits per heavy atom. The summed E-state index contributed by atoms with van der Waals surface area (Å²) >= 11 is -0.203. The number of carbonyl (C=O) groups excluding carboxylic acids is 1. The van der Waals surface area contributed by atoms with Gasteiger partial charge in [0.05, 0.1) is 4.90 Å². The number of hydrogen-bond donors (Lipinski definition) is 0. The summed E-state index contributed by atoms with van der Waals surface area (Å²) in [6.07, 6.45) is 3.88. The first-order valence-electron chi connectivity index (χ1n) is 7.57. The zero-order chi connectivity index (χ0) is 20.2. The number of carbonyl (C=O) groups is 1. The van der Waals surface area contributed by atoms with E-state index in [9.17, 15) is 26.4 Å². The predicted molar refractivity (Wildman–Crippen MR) is 100 cm³/mol. The summed E-state index contributed by atoms with van der Waals surface area (Å²) in [5.74, 6) is -0.365. The van der Waals surface area contributed by atoms with E-state index in [1.165, 1.54) is 72.6 Å². The van der Waals surface area contributed by atoms with Crippen LogP contribution in [0.5, 0.6) is 0 Å². The molecular weight excluding hydrogens is 399 g/mol. The number of sulfone groups is 1. The minimum Gasteiger partial charge on any atom is -0.312 e. The molecule has 0 saturated heterocycles. The third-order valence-corrected chi connectivity index (χ3v) is 5.38. The van der Waals surface area contributed by atoms with Gasteiger partial charge in [-0.05, 0) is 59.8 Å². The number of nitrogens with zero attached hydrogens (tertiary/aromatic N) is 1. The van der Waals surface area contributed by atoms with E-state index in [1.807, 2.05) is 0 Å². The summed E-state index contributed by atoms with van der Waals surface area (Å²) < 4.78 is 59.8. The lowest BCUT2D eigenvalue weighted by molar-refractivity contribution is -0.113. The Labute approximate surface area is 159 Å². The van der Waals surface area contributed by atoms with Gasteiger partial charge in [-0.25, -0.2) is 8.42 Å². The molecule has 4 nitrogen and oxygen atoms in total. The van der Waals surface area contributed by atoms with E-state index in [-0.39, 0.29) is 27.5 Å². The van der Waals surface area contributed by atoms with Crippen LogP contribution >= 0.6 is 11.8 Å². The molecule has 2 aromatic carbocycles. The molecule has 0 atom stereocenters. The van der Waals surface area contributed by atoms with Gasteiger partial charge >= 0.3 is 5.51 Å². The minimum absolute atomic E-state index is 0.0639. The normalized spacial score (nSPS) is 12.3. The predicted octanol–water partition coefficient (Wildman–Crippen LogP) is 4.38. The van der Waals surface area contributed by atoms with E-state index in [2.05, 4.69) is 0 Å². The SMILES string of the molecule is CN(C(=O)/C=C/c1ccc(SC(F)(F)F)cc1)c1ccc(S(C)(=O)=O)cc1. The van der Waals surface area contributed by atoms with Gasteiger partial charge in [-0.3, -0.25) is 4.79 Å². The second-order valence-electron chi connectivity index (χ2n) is 5.61. The molecule has 9 heteroatoms. The second-order valence-corrected chi connectivity index (χ2v) is 8.77. The number of hydrogen-bond acceptors (Lipinski definition) is 4. The van der Waals surface area contributed by atoms with Crippen molar-refractivity contribution >= 4 is 39.3 Å². The average molecular weight is 415 g/mol. The van der Waals surface area contributed by atoms with Crippen LogP contribution in [0.4, 0.5) is 18.9 Å². The van der Waals surface area contributed by atoms with Crippen LogP contribution < -0.4 is 4.90 Å². The van der Waals surface area contributed by atoms with Crippen molar-refractivity contribution in [1.82, 2.24) is 0 Å². The third-order valence-electron chi connectivity index (χ3n) is 3.51. The van der Waals surface area contributed by atoms with Crippen LogP contribution in [0.1, 0.15) is 5.56 Å². The first-order chi connectivity index (χ1) is 12.5. The summed E-state index contributed by atoms with van der Waals surface area (Å²) in [6.45, 7) is 0. The summed E-state index contributed by atoms with van der Waals surface area (Å²) in [7, 11) is -1.78. The maximum atomic E-state index is 12.3. The van der Waals surface area contributed by atoms with Crippen LogP contribution in [0, 0.1) is 0 Å². The van der Waals surface area contributed by atoms with Crippen molar-refractivity contribution in [2.75, 3.05) is 18.2 Å². The Kier molecular flexibility index (Phi) is 6.38. The van der Waals surface area contributed by atoms with Crippen molar-refractivity contribution in [1.29, 1.82) is 0 Å². The Bertz CT molecular complexity index is 935. The Morgan fingerprint density at radius 2 is 1.59 bits per heavy atom. The smallest absolute Gasteiger partial charge is 0.312 e. The lowest BCUT2D eigenvalue weighted by atomic mass is 10.2. The van der Waals surface area contributed by atoms with E-state index in [1.54, 1.807) is 0 Å². The van der Waals surface area contributed by atoms with Gasteiger partial charge in [0.1, 0.15) is 0 Å². The molecule has 0 bridgehead atoms. The summed E-state index contributed by atoms with van der Waals surface area (Å²) in [5, 5.41) is 0. The van der Waals surface area contributed by atoms with Gasteiger partial charge in [-0.2, -0.15) is 13.2 Å². The maximum absolute atomic E-state index is 12.3. The fourth-order valence-electron chi connectivity index (χ4n) is 2.10. The summed E-state index contributed by atoms with van der Waals surface area (Å²) in [6, 6.07) is 11.5. The molecular formula is C18H16F3NO3S2. The quantitative estimate of drug-likeness (QED) is 0.537. The van der Waals surface area contributed by atoms with Gasteiger partial charge in [0.2, 0.25) is 0 Å². The van der Waals surface area contributed by atoms with Gasteiger partial charge in [-0.15, -0.1) is 0 Å². The van der Waals surface area contributed by atoms with Gasteiger partial charge in [0.25, 0.3) is 5.91 Å². The molecule has 0 aliphatic carbocycles. The van der Waals surface area contributed by atoms with Crippen molar-refractivity contribution in [3.63, 3.8) is 0 Å². The van der Waals surface area contributed by atoms with Crippen molar-refractivity contribution < 1.29 is 26.4 Å². The summed E-state index contributed by atoms with van der Waals surface area (Å²) in [4.78, 5) is 13.8. The third kappa shape index (κ3) is 6.44. The minimum atomic E-state index is -4.34. The van der Waals surface area contributed by atoms with Gasteiger partial charge in [0.15, 0.2) is 9.84 Å². The number of halogens is 3. The van der Waals surface area contributed by atoms with Crippen LogP contribution in [0.3, 0.4) is 0 Å². The molecule has 144 valence electrons. The van der Waals surface area contributed by atoms with Gasteiger partial charge in [0, 0.05) is 30.0 Å². The molecule has 2 rings (SSSR count). The average Bonchev–Trinajstić information content (AvgIpc) is 2.58. The summed E-state index contributed by atoms with van der Waals surface area (Å²) in [5.41, 5.74) is -3.26. The van der Waals surface area contributed by atoms with E-state index >= 15 is 0 Å². The molecule has 27 heavy (non-hydrogen) atoms. The molecule has 1 amide bonds. The number of amides is 1. The number of thioether (sulfide) groups is 1. The number of likely N-dealkylation sites (N-methyl/N-ethyl adjacent to an activating group) is 1. The Balaban J connectivity index is 2.05. The number of rotatable bonds is 5.